The van der Waals surface area contributed by atoms with Gasteiger partial charge in [0.25, 0.3) is 0 Å². The van der Waals surface area contributed by atoms with Crippen molar-refractivity contribution in [2.45, 2.75) is 0 Å². The first kappa shape index (κ1) is 57.1. The Morgan fingerprint density at radius 3 is 0.458 bits per heavy atom. The van der Waals surface area contributed by atoms with E-state index in [1.54, 1.807) is 0 Å². The Balaban J connectivity index is -0.0000000158. The van der Waals surface area contributed by atoms with Crippen LogP contribution in [0.15, 0.2) is 0 Å². The third kappa shape index (κ3) is 595. The number of hydrogen-bond donors (Lipinski definition) is 0. The molecule has 0 saturated heterocycles. The molecule has 0 amide bonds. The summed E-state index contributed by atoms with van der Waals surface area (Å²) < 4.78 is 128. The normalized spacial score (nSPS) is 4.25. The van der Waals surface area contributed by atoms with Crippen molar-refractivity contribution in [2.75, 3.05) is 0 Å². The third-order valence-electron chi connectivity index (χ3n) is 0. The van der Waals surface area contributed by atoms with Gasteiger partial charge in [-0.1, -0.05) is 0 Å². The molecule has 24 heteroatoms. The van der Waals surface area contributed by atoms with Gasteiger partial charge in [-0.25, -0.2) is 0 Å². The fourth-order valence-corrected chi connectivity index (χ4v) is 0. The number of hydrogen-bond acceptors (Lipinski definition) is 15. The predicted octanol–water partition coefficient (Wildman–Crippen LogP) is -12.6. The quantitative estimate of drug-likeness (QED) is 0.204. The van der Waals surface area contributed by atoms with E-state index in [4.69, 9.17) is 51.4 Å². The molecule has 0 rings (SSSR count). The van der Waals surface area contributed by atoms with Crippen molar-refractivity contribution in [3.63, 3.8) is 0 Å². The maximum absolute atomic E-state index is 8.61. The van der Waals surface area contributed by atoms with E-state index in [9.17, 15) is 0 Å². The first-order chi connectivity index (χ1) is 9.44. The molecule has 0 aliphatic rings. The second-order valence-corrected chi connectivity index (χ2v) is 5.30. The van der Waals surface area contributed by atoms with Gasteiger partial charge in [0.1, 0.15) is 0 Å². The van der Waals surface area contributed by atoms with E-state index in [1.165, 1.54) is 0 Å². The van der Waals surface area contributed by atoms with Crippen LogP contribution in [0.4, 0.5) is 0 Å². The molecule has 0 aromatic heterocycles. The van der Waals surface area contributed by atoms with Crippen molar-refractivity contribution in [1.82, 2.24) is 0 Å². The van der Waals surface area contributed by atoms with E-state index in [-0.39, 0.29) is 107 Å². The summed E-state index contributed by atoms with van der Waals surface area (Å²) in [6.45, 7) is 0. The summed E-state index contributed by atoms with van der Waals surface area (Å²) in [5, 5.41) is 0. The monoisotopic (exact) mass is 1010 g/mol. The minimum absolute atomic E-state index is 0. The van der Waals surface area contributed by atoms with Crippen molar-refractivity contribution < 1.29 is 226 Å². The molecule has 0 heterocycles. The Hall–Kier alpha value is 5.79. The van der Waals surface area contributed by atoms with Crippen LogP contribution in [0, 0.1) is 107 Å². The Morgan fingerprint density at radius 2 is 0.458 bits per heavy atom. The summed E-state index contributed by atoms with van der Waals surface area (Å²) in [6.07, 6.45) is 0. The van der Waals surface area contributed by atoms with Crippen molar-refractivity contribution in [2.24, 2.45) is 0 Å². The zero-order valence-corrected chi connectivity index (χ0v) is 32.8. The van der Waals surface area contributed by atoms with Crippen LogP contribution in [0.25, 0.3) is 0 Å². The molecule has 0 unspecified atom stereocenters. The molecule has 0 aliphatic carbocycles. The topological polar surface area (TPSA) is 310 Å². The van der Waals surface area contributed by atoms with E-state index in [0.717, 1.165) is 0 Å². The summed E-state index contributed by atoms with van der Waals surface area (Å²) in [6, 6.07) is 0. The first-order valence-electron chi connectivity index (χ1n) is 3.25. The maximum atomic E-state index is 8.61. The second-order valence-electron chi connectivity index (χ2n) is 1.04. The van der Waals surface area contributed by atoms with Gasteiger partial charge in [0, 0.05) is 0 Å². The van der Waals surface area contributed by atoms with Gasteiger partial charge in [-0.2, -0.15) is 0 Å². The van der Waals surface area contributed by atoms with E-state index < -0.39 is 114 Å². The summed E-state index contributed by atoms with van der Waals surface area (Å²) >= 11 is -18.1. The summed E-state index contributed by atoms with van der Waals surface area (Å²) in [7, 11) is 0. The van der Waals surface area contributed by atoms with Crippen molar-refractivity contribution in [3.8, 4) is 0 Å². The predicted molar refractivity (Wildman–Crippen MR) is 21.4 cm³/mol. The van der Waals surface area contributed by atoms with Gasteiger partial charge in [0.05, 0.1) is 0 Å². The average molecular weight is 1010 g/mol. The van der Waals surface area contributed by atoms with Crippen molar-refractivity contribution in [3.05, 3.63) is 0 Å². The standard InChI is InChI=1S/3Al.3La.15O.3Zr/q;;;3*+3;;;;;;;9*-1;;;. The van der Waals surface area contributed by atoms with Crippen LogP contribution in [0.2, 0.25) is 0 Å². The molecule has 0 aromatic carbocycles. The Morgan fingerprint density at radius 1 is 0.458 bits per heavy atom. The zero-order chi connectivity index (χ0) is 18.9. The van der Waals surface area contributed by atoms with Crippen LogP contribution >= 0.6 is 0 Å². The van der Waals surface area contributed by atoms with E-state index in [0.29, 0.717) is 0 Å². The van der Waals surface area contributed by atoms with E-state index in [1.807, 2.05) is 0 Å². The molecular formula is Al3La3O15Zr3. The SMILES string of the molecule is [La+3].[La+3].[La+3].[O]=[Al][O-].[O]=[Al][O-].[O]=[Al][O-].[O]=[Zr]([O-])[O-].[O]=[Zr]([O-])[O-].[O]=[Zr]([O-])[O-]. The average Bonchev–Trinajstić information content (AvgIpc) is 2.16. The Kier molecular flexibility index (Phi) is 167. The summed E-state index contributed by atoms with van der Waals surface area (Å²) in [4.78, 5) is 0. The van der Waals surface area contributed by atoms with Crippen LogP contribution in [0.5, 0.6) is 0 Å². The Bertz CT molecular complexity index is 221. The van der Waals surface area contributed by atoms with Crippen molar-refractivity contribution >= 4 is 46.5 Å². The molecule has 0 bridgehead atoms. The fraction of sp³-hybridized carbons (Fsp3) is 0. The molecule has 15 nitrogen and oxygen atoms in total. The number of rotatable bonds is 0. The van der Waals surface area contributed by atoms with Gasteiger partial charge < -0.3 is 0 Å². The fourth-order valence-electron chi connectivity index (χ4n) is 0. The molecule has 0 radical (unpaired) electrons. The minimum atomic E-state index is -4.29. The molecule has 0 saturated carbocycles. The molecule has 0 aromatic rings. The van der Waals surface area contributed by atoms with Crippen molar-refractivity contribution in [1.29, 1.82) is 0 Å². The van der Waals surface area contributed by atoms with Gasteiger partial charge in [-0.05, 0) is 0 Å². The van der Waals surface area contributed by atoms with Crippen LogP contribution in [-0.4, -0.2) is 46.5 Å². The molecule has 24 heavy (non-hydrogen) atoms. The van der Waals surface area contributed by atoms with Gasteiger partial charge in [0.2, 0.25) is 0 Å². The molecule has 0 N–H and O–H groups in total. The molecular weight excluding hydrogens is 1010 g/mol. The summed E-state index contributed by atoms with van der Waals surface area (Å²) in [5.41, 5.74) is 0. The molecule has 0 atom stereocenters. The van der Waals surface area contributed by atoms with Gasteiger partial charge >= 0.3 is 273 Å². The molecule has 0 aliphatic heterocycles. The van der Waals surface area contributed by atoms with Crippen LogP contribution < -0.4 is 31.6 Å². The Labute approximate surface area is 265 Å². The van der Waals surface area contributed by atoms with E-state index >= 15 is 0 Å². The van der Waals surface area contributed by atoms with Gasteiger partial charge in [-0.3, -0.25) is 0 Å². The van der Waals surface area contributed by atoms with Crippen LogP contribution in [0.3, 0.4) is 0 Å². The third-order valence-corrected chi connectivity index (χ3v) is 0. The first-order valence-corrected chi connectivity index (χ1v) is 15.1. The summed E-state index contributed by atoms with van der Waals surface area (Å²) in [5.74, 6) is 0. The van der Waals surface area contributed by atoms with Crippen LogP contribution in [-0.2, 0) is 87.8 Å². The van der Waals surface area contributed by atoms with Gasteiger partial charge in [0.15, 0.2) is 0 Å². The zero-order valence-electron chi connectivity index (χ0n) is 11.1. The molecule has 0 spiro atoms. The van der Waals surface area contributed by atoms with E-state index in [2.05, 4.69) is 0 Å². The second kappa shape index (κ2) is 70.3. The van der Waals surface area contributed by atoms with Gasteiger partial charge in [-0.15, -0.1) is 0 Å². The molecule has 0 fully saturated rings. The molecule has 120 valence electrons. The van der Waals surface area contributed by atoms with Crippen LogP contribution in [0.1, 0.15) is 0 Å².